The SMILES string of the molecule is COc1ccc(F)c(NC(=O)c2cc(-c3c(C)nn(C)c3C)n[nH]2)c1. The van der Waals surface area contributed by atoms with Crippen LogP contribution in [0.25, 0.3) is 11.3 Å². The standard InChI is InChI=1S/C17H18FN5O2/c1-9-16(10(2)23(3)22-9)14-8-15(21-20-14)17(24)19-13-7-11(25-4)5-6-12(13)18/h5-8H,1-4H3,(H,19,24)(H,20,21). The Morgan fingerprint density at radius 1 is 1.32 bits per heavy atom. The molecule has 3 rings (SSSR count). The van der Waals surface area contributed by atoms with Gasteiger partial charge in [-0.15, -0.1) is 0 Å². The molecule has 0 spiro atoms. The molecule has 8 heteroatoms. The average Bonchev–Trinajstić information content (AvgIpc) is 3.15. The molecule has 0 saturated heterocycles. The fourth-order valence-corrected chi connectivity index (χ4v) is 2.63. The smallest absolute Gasteiger partial charge is 0.273 e. The average molecular weight is 343 g/mol. The van der Waals surface area contributed by atoms with Gasteiger partial charge >= 0.3 is 0 Å². The Labute approximate surface area is 143 Å². The number of hydrogen-bond acceptors (Lipinski definition) is 4. The van der Waals surface area contributed by atoms with Crippen molar-refractivity contribution in [2.24, 2.45) is 7.05 Å². The highest BCUT2D eigenvalue weighted by Crippen LogP contribution is 2.26. The number of aryl methyl sites for hydroxylation is 2. The van der Waals surface area contributed by atoms with E-state index < -0.39 is 11.7 Å². The zero-order valence-electron chi connectivity index (χ0n) is 14.3. The zero-order valence-corrected chi connectivity index (χ0v) is 14.3. The second-order valence-corrected chi connectivity index (χ2v) is 5.64. The second kappa shape index (κ2) is 6.39. The summed E-state index contributed by atoms with van der Waals surface area (Å²) in [5.41, 5.74) is 3.49. The van der Waals surface area contributed by atoms with Crippen LogP contribution < -0.4 is 10.1 Å². The molecule has 0 fully saturated rings. The molecule has 2 N–H and O–H groups in total. The van der Waals surface area contributed by atoms with E-state index in [1.54, 1.807) is 10.7 Å². The van der Waals surface area contributed by atoms with E-state index in [0.29, 0.717) is 11.4 Å². The molecule has 25 heavy (non-hydrogen) atoms. The number of nitrogens with zero attached hydrogens (tertiary/aromatic N) is 3. The molecule has 0 bridgehead atoms. The number of hydrogen-bond donors (Lipinski definition) is 2. The van der Waals surface area contributed by atoms with Gasteiger partial charge in [0.15, 0.2) is 0 Å². The molecule has 0 radical (unpaired) electrons. The first-order valence-electron chi connectivity index (χ1n) is 7.61. The van der Waals surface area contributed by atoms with E-state index in [0.717, 1.165) is 17.0 Å². The Morgan fingerprint density at radius 2 is 2.08 bits per heavy atom. The van der Waals surface area contributed by atoms with E-state index in [9.17, 15) is 9.18 Å². The second-order valence-electron chi connectivity index (χ2n) is 5.64. The molecule has 0 aliphatic carbocycles. The lowest BCUT2D eigenvalue weighted by molar-refractivity contribution is 0.102. The highest BCUT2D eigenvalue weighted by Gasteiger charge is 2.18. The van der Waals surface area contributed by atoms with Crippen LogP contribution in [-0.4, -0.2) is 33.0 Å². The summed E-state index contributed by atoms with van der Waals surface area (Å²) in [7, 11) is 3.32. The number of halogens is 1. The van der Waals surface area contributed by atoms with E-state index in [1.165, 1.54) is 25.3 Å². The van der Waals surface area contributed by atoms with Crippen LogP contribution in [0.4, 0.5) is 10.1 Å². The van der Waals surface area contributed by atoms with Crippen LogP contribution in [-0.2, 0) is 7.05 Å². The Bertz CT molecular complexity index is 945. The summed E-state index contributed by atoms with van der Waals surface area (Å²) in [5, 5.41) is 13.7. The van der Waals surface area contributed by atoms with Crippen LogP contribution in [0, 0.1) is 19.7 Å². The molecule has 130 valence electrons. The maximum Gasteiger partial charge on any atom is 0.273 e. The number of ether oxygens (including phenoxy) is 1. The first-order chi connectivity index (χ1) is 11.9. The number of amides is 1. The van der Waals surface area contributed by atoms with Gasteiger partial charge in [0, 0.05) is 24.4 Å². The van der Waals surface area contributed by atoms with Crippen LogP contribution in [0.2, 0.25) is 0 Å². The predicted molar refractivity (Wildman–Crippen MR) is 91.2 cm³/mol. The number of anilines is 1. The molecule has 3 aromatic rings. The van der Waals surface area contributed by atoms with Gasteiger partial charge in [0.05, 0.1) is 24.2 Å². The quantitative estimate of drug-likeness (QED) is 0.763. The molecule has 0 atom stereocenters. The number of nitrogens with one attached hydrogen (secondary N) is 2. The van der Waals surface area contributed by atoms with Crippen molar-refractivity contribution in [2.45, 2.75) is 13.8 Å². The number of benzene rings is 1. The molecule has 7 nitrogen and oxygen atoms in total. The van der Waals surface area contributed by atoms with Crippen LogP contribution >= 0.6 is 0 Å². The summed E-state index contributed by atoms with van der Waals surface area (Å²) in [6, 6.07) is 5.74. The summed E-state index contributed by atoms with van der Waals surface area (Å²) < 4.78 is 20.6. The van der Waals surface area contributed by atoms with Crippen molar-refractivity contribution in [1.82, 2.24) is 20.0 Å². The normalized spacial score (nSPS) is 10.8. The van der Waals surface area contributed by atoms with Crippen molar-refractivity contribution < 1.29 is 13.9 Å². The molecule has 2 heterocycles. The Balaban J connectivity index is 1.86. The van der Waals surface area contributed by atoms with Crippen molar-refractivity contribution in [1.29, 1.82) is 0 Å². The molecule has 0 saturated carbocycles. The Hall–Kier alpha value is -3.16. The number of aromatic amines is 1. The molecule has 0 aliphatic heterocycles. The van der Waals surface area contributed by atoms with Gasteiger partial charge in [0.2, 0.25) is 0 Å². The van der Waals surface area contributed by atoms with Crippen molar-refractivity contribution in [3.8, 4) is 17.0 Å². The van der Waals surface area contributed by atoms with Crippen molar-refractivity contribution in [2.75, 3.05) is 12.4 Å². The van der Waals surface area contributed by atoms with E-state index in [4.69, 9.17) is 4.74 Å². The van der Waals surface area contributed by atoms with Gasteiger partial charge in [0.25, 0.3) is 5.91 Å². The summed E-state index contributed by atoms with van der Waals surface area (Å²) in [6.45, 7) is 3.80. The molecule has 2 aromatic heterocycles. The van der Waals surface area contributed by atoms with E-state index >= 15 is 0 Å². The number of methoxy groups -OCH3 is 1. The van der Waals surface area contributed by atoms with Crippen molar-refractivity contribution in [3.63, 3.8) is 0 Å². The maximum atomic E-state index is 13.9. The monoisotopic (exact) mass is 343 g/mol. The lowest BCUT2D eigenvalue weighted by Crippen LogP contribution is -2.13. The fourth-order valence-electron chi connectivity index (χ4n) is 2.63. The van der Waals surface area contributed by atoms with E-state index in [-0.39, 0.29) is 11.4 Å². The number of carbonyl (C=O) groups is 1. The molecule has 1 amide bonds. The summed E-state index contributed by atoms with van der Waals surface area (Å²) in [6.07, 6.45) is 0. The maximum absolute atomic E-state index is 13.9. The third-order valence-corrected chi connectivity index (χ3v) is 4.01. The zero-order chi connectivity index (χ0) is 18.1. The van der Waals surface area contributed by atoms with Gasteiger partial charge in [-0.2, -0.15) is 10.2 Å². The van der Waals surface area contributed by atoms with Crippen molar-refractivity contribution >= 4 is 11.6 Å². The topological polar surface area (TPSA) is 84.8 Å². The summed E-state index contributed by atoms with van der Waals surface area (Å²) in [5.74, 6) is -0.596. The number of H-pyrrole nitrogens is 1. The van der Waals surface area contributed by atoms with Gasteiger partial charge < -0.3 is 10.1 Å². The molecular weight excluding hydrogens is 325 g/mol. The van der Waals surface area contributed by atoms with Gasteiger partial charge in [-0.1, -0.05) is 0 Å². The predicted octanol–water partition coefficient (Wildman–Crippen LogP) is 2.83. The minimum absolute atomic E-state index is 0.0363. The first kappa shape index (κ1) is 16.7. The van der Waals surface area contributed by atoms with Gasteiger partial charge in [-0.25, -0.2) is 4.39 Å². The van der Waals surface area contributed by atoms with Gasteiger partial charge in [0.1, 0.15) is 17.3 Å². The van der Waals surface area contributed by atoms with Crippen LogP contribution in [0.15, 0.2) is 24.3 Å². The van der Waals surface area contributed by atoms with Gasteiger partial charge in [-0.3, -0.25) is 14.6 Å². The lowest BCUT2D eigenvalue weighted by atomic mass is 10.1. The minimum Gasteiger partial charge on any atom is -0.497 e. The Morgan fingerprint density at radius 3 is 2.72 bits per heavy atom. The largest absolute Gasteiger partial charge is 0.497 e. The van der Waals surface area contributed by atoms with Crippen LogP contribution in [0.3, 0.4) is 0 Å². The van der Waals surface area contributed by atoms with Crippen molar-refractivity contribution in [3.05, 3.63) is 47.2 Å². The van der Waals surface area contributed by atoms with E-state index in [1.807, 2.05) is 20.9 Å². The lowest BCUT2D eigenvalue weighted by Gasteiger charge is -2.07. The Kier molecular flexibility index (Phi) is 4.26. The fraction of sp³-hybridized carbons (Fsp3) is 0.235. The summed E-state index contributed by atoms with van der Waals surface area (Å²) in [4.78, 5) is 12.4. The number of carbonyl (C=O) groups excluding carboxylic acids is 1. The third-order valence-electron chi connectivity index (χ3n) is 4.01. The molecular formula is C17H18FN5O2. The number of rotatable bonds is 4. The van der Waals surface area contributed by atoms with Crippen LogP contribution in [0.1, 0.15) is 21.9 Å². The highest BCUT2D eigenvalue weighted by atomic mass is 19.1. The first-order valence-corrected chi connectivity index (χ1v) is 7.61. The molecule has 1 aromatic carbocycles. The third kappa shape index (κ3) is 3.10. The van der Waals surface area contributed by atoms with Gasteiger partial charge in [-0.05, 0) is 32.0 Å². The number of aromatic nitrogens is 4. The molecule has 0 unspecified atom stereocenters. The van der Waals surface area contributed by atoms with E-state index in [2.05, 4.69) is 20.6 Å². The van der Waals surface area contributed by atoms with Crippen LogP contribution in [0.5, 0.6) is 5.75 Å². The minimum atomic E-state index is -0.548. The molecule has 0 aliphatic rings. The summed E-state index contributed by atoms with van der Waals surface area (Å²) >= 11 is 0. The highest BCUT2D eigenvalue weighted by molar-refractivity contribution is 6.03.